The Labute approximate surface area is 249 Å². The molecule has 1 aromatic carbocycles. The maximum Gasteiger partial charge on any atom is 0.265 e. The number of hydrogen-bond donors (Lipinski definition) is 1. The van der Waals surface area contributed by atoms with Gasteiger partial charge >= 0.3 is 0 Å². The van der Waals surface area contributed by atoms with Gasteiger partial charge in [-0.05, 0) is 67.9 Å². The molecule has 2 aromatic heterocycles. The SMILES string of the molecule is C[C@@H](CCOCCOc1cncc(-c2nn(C3CCCCO3)c3ccc(O[Si](C)(C)C(C)(C)C)cc23)n1)CS(=O)(=O)O. The van der Waals surface area contributed by atoms with Crippen molar-refractivity contribution in [1.29, 1.82) is 0 Å². The molecule has 13 heteroatoms. The van der Waals surface area contributed by atoms with E-state index in [-0.39, 0.29) is 29.5 Å². The van der Waals surface area contributed by atoms with E-state index in [0.717, 1.165) is 35.9 Å². The van der Waals surface area contributed by atoms with Crippen LogP contribution < -0.4 is 9.16 Å². The van der Waals surface area contributed by atoms with Crippen molar-refractivity contribution in [3.8, 4) is 23.0 Å². The fraction of sp³-hybridized carbons (Fsp3) is 0.621. The van der Waals surface area contributed by atoms with Crippen molar-refractivity contribution >= 4 is 29.3 Å². The first-order valence-electron chi connectivity index (χ1n) is 14.5. The molecule has 42 heavy (non-hydrogen) atoms. The second-order valence-electron chi connectivity index (χ2n) is 12.5. The molecule has 1 fully saturated rings. The van der Waals surface area contributed by atoms with Gasteiger partial charge in [-0.15, -0.1) is 0 Å². The maximum atomic E-state index is 11.0. The van der Waals surface area contributed by atoms with Crippen LogP contribution in [0.15, 0.2) is 30.6 Å². The van der Waals surface area contributed by atoms with E-state index in [0.29, 0.717) is 43.5 Å². The van der Waals surface area contributed by atoms with Crippen LogP contribution in [-0.4, -0.2) is 73.2 Å². The van der Waals surface area contributed by atoms with Crippen LogP contribution in [0, 0.1) is 5.92 Å². The zero-order valence-corrected chi connectivity index (χ0v) is 27.3. The molecule has 1 N–H and O–H groups in total. The topological polar surface area (TPSA) is 135 Å². The summed E-state index contributed by atoms with van der Waals surface area (Å²) >= 11 is 0. The quantitative estimate of drug-likeness (QED) is 0.140. The minimum Gasteiger partial charge on any atom is -0.543 e. The normalized spacial score (nSPS) is 17.4. The number of hydrogen-bond acceptors (Lipinski definition) is 9. The lowest BCUT2D eigenvalue weighted by Gasteiger charge is -2.36. The second kappa shape index (κ2) is 13.4. The summed E-state index contributed by atoms with van der Waals surface area (Å²) in [5.74, 6) is 0.671. The molecule has 0 amide bonds. The zero-order valence-electron chi connectivity index (χ0n) is 25.5. The number of fused-ring (bicyclic) bond motifs is 1. The van der Waals surface area contributed by atoms with Gasteiger partial charge in [0, 0.05) is 18.6 Å². The summed E-state index contributed by atoms with van der Waals surface area (Å²) in [4.78, 5) is 9.06. The molecule has 1 unspecified atom stereocenters. The average Bonchev–Trinajstić information content (AvgIpc) is 3.28. The molecule has 4 rings (SSSR count). The summed E-state index contributed by atoms with van der Waals surface area (Å²) in [7, 11) is -6.04. The zero-order chi connectivity index (χ0) is 30.5. The lowest BCUT2D eigenvalue weighted by atomic mass is 10.1. The van der Waals surface area contributed by atoms with Gasteiger partial charge in [-0.25, -0.2) is 9.67 Å². The van der Waals surface area contributed by atoms with Crippen LogP contribution >= 0.6 is 0 Å². The molecule has 2 atom stereocenters. The van der Waals surface area contributed by atoms with Gasteiger partial charge in [-0.1, -0.05) is 27.7 Å². The molecule has 0 bridgehead atoms. The predicted octanol–water partition coefficient (Wildman–Crippen LogP) is 5.89. The van der Waals surface area contributed by atoms with Crippen LogP contribution in [0.25, 0.3) is 22.3 Å². The fourth-order valence-electron chi connectivity index (χ4n) is 4.52. The number of ether oxygens (including phenoxy) is 3. The molecule has 0 saturated carbocycles. The Balaban J connectivity index is 1.51. The van der Waals surface area contributed by atoms with Gasteiger partial charge in [0.1, 0.15) is 23.7 Å². The van der Waals surface area contributed by atoms with Crippen molar-refractivity contribution in [3.05, 3.63) is 30.6 Å². The maximum absolute atomic E-state index is 11.0. The highest BCUT2D eigenvalue weighted by Crippen LogP contribution is 2.39. The van der Waals surface area contributed by atoms with Crippen molar-refractivity contribution < 1.29 is 31.6 Å². The van der Waals surface area contributed by atoms with Crippen molar-refractivity contribution in [2.75, 3.05) is 32.2 Å². The molecule has 11 nitrogen and oxygen atoms in total. The van der Waals surface area contributed by atoms with Crippen molar-refractivity contribution in [1.82, 2.24) is 19.7 Å². The number of nitrogens with zero attached hydrogens (tertiary/aromatic N) is 4. The smallest absolute Gasteiger partial charge is 0.265 e. The van der Waals surface area contributed by atoms with E-state index in [2.05, 4.69) is 38.8 Å². The minimum atomic E-state index is -3.98. The van der Waals surface area contributed by atoms with Crippen molar-refractivity contribution in [2.24, 2.45) is 5.92 Å². The molecule has 0 spiro atoms. The number of aromatic nitrogens is 4. The number of benzene rings is 1. The third kappa shape index (κ3) is 8.50. The Bertz CT molecular complexity index is 1450. The molecule has 1 aliphatic rings. The Morgan fingerprint density at radius 2 is 1.95 bits per heavy atom. The van der Waals surface area contributed by atoms with Gasteiger partial charge < -0.3 is 18.6 Å². The van der Waals surface area contributed by atoms with E-state index in [1.807, 2.05) is 22.9 Å². The lowest BCUT2D eigenvalue weighted by molar-refractivity contribution is -0.0365. The fourth-order valence-corrected chi connectivity index (χ4v) is 6.43. The predicted molar refractivity (Wildman–Crippen MR) is 164 cm³/mol. The van der Waals surface area contributed by atoms with E-state index in [4.69, 9.17) is 33.3 Å². The first-order valence-corrected chi connectivity index (χ1v) is 19.1. The minimum absolute atomic E-state index is 0.0596. The second-order valence-corrected chi connectivity index (χ2v) is 18.7. The van der Waals surface area contributed by atoms with E-state index in [1.165, 1.54) is 0 Å². The number of rotatable bonds is 13. The van der Waals surface area contributed by atoms with Crippen LogP contribution in [0.3, 0.4) is 0 Å². The molecule has 3 heterocycles. The molecule has 3 aromatic rings. The van der Waals surface area contributed by atoms with E-state index in [1.54, 1.807) is 19.3 Å². The van der Waals surface area contributed by atoms with Gasteiger partial charge in [0.15, 0.2) is 6.23 Å². The Morgan fingerprint density at radius 3 is 2.64 bits per heavy atom. The highest BCUT2D eigenvalue weighted by molar-refractivity contribution is 7.85. The molecular weight excluding hydrogens is 576 g/mol. The summed E-state index contributed by atoms with van der Waals surface area (Å²) in [6.45, 7) is 14.5. The van der Waals surface area contributed by atoms with Crippen molar-refractivity contribution in [2.45, 2.75) is 77.7 Å². The molecule has 1 aliphatic heterocycles. The molecule has 232 valence electrons. The Hall–Kier alpha value is -2.58. The van der Waals surface area contributed by atoms with Gasteiger partial charge in [0.2, 0.25) is 14.2 Å². The van der Waals surface area contributed by atoms with Crippen molar-refractivity contribution in [3.63, 3.8) is 0 Å². The molecule has 0 aliphatic carbocycles. The Kier molecular flexibility index (Phi) is 10.3. The average molecular weight is 621 g/mol. The summed E-state index contributed by atoms with van der Waals surface area (Å²) < 4.78 is 57.0. The first-order chi connectivity index (χ1) is 19.7. The third-order valence-electron chi connectivity index (χ3n) is 7.87. The standard InChI is InChI=1S/C29H44N4O7SSi/c1-21(20-41(34,35)36)12-14-37-15-16-38-26-19-30-18-24(31-26)28-23-17-22(40-42(5,6)29(2,3)4)10-11-25(23)33(32-28)27-9-7-8-13-39-27/h10-11,17-19,21,27H,7-9,12-16,20H2,1-6H3,(H,34,35,36)/t21-,27?/m0/s1. The molecule has 1 saturated heterocycles. The highest BCUT2D eigenvalue weighted by Gasteiger charge is 2.39. The molecule has 0 radical (unpaired) electrons. The van der Waals surface area contributed by atoms with Crippen LogP contribution in [0.1, 0.15) is 59.6 Å². The largest absolute Gasteiger partial charge is 0.543 e. The lowest BCUT2D eigenvalue weighted by Crippen LogP contribution is -2.43. The van der Waals surface area contributed by atoms with E-state index >= 15 is 0 Å². The van der Waals surface area contributed by atoms with Crippen LogP contribution in [-0.2, 0) is 19.6 Å². The van der Waals surface area contributed by atoms with Crippen LogP contribution in [0.4, 0.5) is 0 Å². The summed E-state index contributed by atoms with van der Waals surface area (Å²) in [6, 6.07) is 6.11. The van der Waals surface area contributed by atoms with Crippen LogP contribution in [0.5, 0.6) is 11.6 Å². The monoisotopic (exact) mass is 620 g/mol. The van der Waals surface area contributed by atoms with Gasteiger partial charge in [-0.2, -0.15) is 13.5 Å². The van der Waals surface area contributed by atoms with Gasteiger partial charge in [-0.3, -0.25) is 9.54 Å². The van der Waals surface area contributed by atoms with Gasteiger partial charge in [0.05, 0.1) is 30.3 Å². The van der Waals surface area contributed by atoms with Gasteiger partial charge in [0.25, 0.3) is 10.1 Å². The summed E-state index contributed by atoms with van der Waals surface area (Å²) in [6.07, 6.45) is 6.61. The third-order valence-corrected chi connectivity index (χ3v) is 13.2. The van der Waals surface area contributed by atoms with E-state index in [9.17, 15) is 8.42 Å². The first kappa shape index (κ1) is 32.3. The van der Waals surface area contributed by atoms with E-state index < -0.39 is 18.4 Å². The van der Waals surface area contributed by atoms with Crippen LogP contribution in [0.2, 0.25) is 18.1 Å². The Morgan fingerprint density at radius 1 is 1.17 bits per heavy atom. The molecular formula is C29H44N4O7SSi. The summed E-state index contributed by atoms with van der Waals surface area (Å²) in [5, 5.41) is 5.95. The summed E-state index contributed by atoms with van der Waals surface area (Å²) in [5.41, 5.74) is 2.21. The highest BCUT2D eigenvalue weighted by atomic mass is 32.2.